The number of alkyl carbamates (subject to hydrolysis) is 1. The summed E-state index contributed by atoms with van der Waals surface area (Å²) in [7, 11) is 1.64. The zero-order chi connectivity index (χ0) is 26.1. The highest BCUT2D eigenvalue weighted by Gasteiger charge is 2.72. The van der Waals surface area contributed by atoms with Gasteiger partial charge in [0.2, 0.25) is 5.91 Å². The first kappa shape index (κ1) is 27.2. The van der Waals surface area contributed by atoms with E-state index in [1.54, 1.807) is 12.0 Å². The number of halogens is 1. The molecule has 3 heterocycles. The third-order valence-corrected chi connectivity index (χ3v) is 8.11. The lowest BCUT2D eigenvalue weighted by Crippen LogP contribution is -2.56. The van der Waals surface area contributed by atoms with Gasteiger partial charge >= 0.3 is 12.2 Å². The molecule has 202 valence electrons. The molecule has 1 N–H and O–H groups in total. The molecule has 0 aromatic heterocycles. The first-order valence-electron chi connectivity index (χ1n) is 12.6. The number of carbonyl (C=O) groups excluding carboxylic acids is 3. The Labute approximate surface area is 216 Å². The second-order valence-corrected chi connectivity index (χ2v) is 10.8. The third kappa shape index (κ3) is 5.66. The Kier molecular flexibility index (Phi) is 8.19. The van der Waals surface area contributed by atoms with E-state index in [2.05, 4.69) is 26.8 Å². The lowest BCUT2D eigenvalue weighted by atomic mass is 9.68. The number of nitrogens with one attached hydrogen (secondary N) is 1. The number of imide groups is 1. The summed E-state index contributed by atoms with van der Waals surface area (Å²) < 4.78 is 29.3. The summed E-state index contributed by atoms with van der Waals surface area (Å²) >= 11 is 5.39. The van der Waals surface area contributed by atoms with Gasteiger partial charge in [-0.25, -0.2) is 9.59 Å². The van der Waals surface area contributed by atoms with Crippen LogP contribution in [0.5, 0.6) is 0 Å². The molecule has 7 atom stereocenters. The summed E-state index contributed by atoms with van der Waals surface area (Å²) in [5.74, 6) is -1.04. The third-order valence-electron chi connectivity index (χ3n) is 7.87. The van der Waals surface area contributed by atoms with Crippen LogP contribution < -0.4 is 5.32 Å². The van der Waals surface area contributed by atoms with Gasteiger partial charge in [0, 0.05) is 13.7 Å². The average Bonchev–Trinajstić information content (AvgIpc) is 3.69. The number of hydrogen-bond acceptors (Lipinski definition) is 8. The number of ether oxygens (including phenoxy) is 5. The molecule has 3 unspecified atom stereocenters. The summed E-state index contributed by atoms with van der Waals surface area (Å²) in [6.07, 6.45) is 3.76. The second-order valence-electron chi connectivity index (χ2n) is 10.6. The number of nitrogens with zero attached hydrogens (tertiary/aromatic N) is 1. The SMILES string of the molecule is COC1C(OC(=O)N2CCC[C@H]2COC(=O)NC(=O)CCl)CC[C@]2(CO2)C1[C@@]1(C)O[C@@H]1CC=C(C)C. The van der Waals surface area contributed by atoms with E-state index in [9.17, 15) is 14.4 Å². The molecule has 3 aliphatic heterocycles. The predicted octanol–water partition coefficient (Wildman–Crippen LogP) is 3.16. The molecule has 1 saturated carbocycles. The Bertz CT molecular complexity index is 889. The highest BCUT2D eigenvalue weighted by atomic mass is 35.5. The monoisotopic (exact) mass is 528 g/mol. The largest absolute Gasteiger partial charge is 0.447 e. The molecule has 11 heteroatoms. The normalized spacial score (nSPS) is 36.8. The van der Waals surface area contributed by atoms with E-state index < -0.39 is 29.8 Å². The first-order valence-corrected chi connectivity index (χ1v) is 13.1. The van der Waals surface area contributed by atoms with Gasteiger partial charge < -0.3 is 28.6 Å². The Hall–Kier alpha value is -1.88. The van der Waals surface area contributed by atoms with Gasteiger partial charge in [-0.15, -0.1) is 11.6 Å². The molecule has 0 aromatic rings. The molecule has 10 nitrogen and oxygen atoms in total. The molecule has 1 spiro atoms. The minimum Gasteiger partial charge on any atom is -0.447 e. The molecule has 0 radical (unpaired) electrons. The van der Waals surface area contributed by atoms with Gasteiger partial charge in [-0.3, -0.25) is 10.1 Å². The lowest BCUT2D eigenvalue weighted by molar-refractivity contribution is -0.122. The molecule has 0 bridgehead atoms. The minimum absolute atomic E-state index is 0.0353. The van der Waals surface area contributed by atoms with Crippen molar-refractivity contribution in [1.29, 1.82) is 0 Å². The number of amides is 3. The van der Waals surface area contributed by atoms with Crippen molar-refractivity contribution in [1.82, 2.24) is 10.2 Å². The number of rotatable bonds is 8. The Morgan fingerprint density at radius 2 is 2.00 bits per heavy atom. The minimum atomic E-state index is -0.884. The van der Waals surface area contributed by atoms with Gasteiger partial charge in [0.15, 0.2) is 0 Å². The van der Waals surface area contributed by atoms with Gasteiger partial charge in [-0.2, -0.15) is 0 Å². The van der Waals surface area contributed by atoms with E-state index >= 15 is 0 Å². The number of epoxide rings is 2. The van der Waals surface area contributed by atoms with Crippen LogP contribution >= 0.6 is 11.6 Å². The van der Waals surface area contributed by atoms with Crippen molar-refractivity contribution in [2.75, 3.05) is 32.7 Å². The van der Waals surface area contributed by atoms with E-state index in [4.69, 9.17) is 35.3 Å². The van der Waals surface area contributed by atoms with Crippen LogP contribution in [-0.2, 0) is 28.5 Å². The maximum atomic E-state index is 13.2. The fraction of sp³-hybridized carbons (Fsp3) is 0.800. The van der Waals surface area contributed by atoms with E-state index in [1.807, 2.05) is 5.32 Å². The fourth-order valence-electron chi connectivity index (χ4n) is 5.87. The van der Waals surface area contributed by atoms with Gasteiger partial charge in [0.25, 0.3) is 0 Å². The van der Waals surface area contributed by atoms with Crippen molar-refractivity contribution >= 4 is 29.7 Å². The quantitative estimate of drug-likeness (QED) is 0.290. The standard InChI is InChI=1S/C25H37ClN2O8/c1-15(2)7-8-18-24(3,36-18)21-20(32-4)17(9-10-25(21)14-34-25)35-23(31)28-11-5-6-16(28)13-33-22(30)27-19(29)12-26/h7,16-18,20-21H,5-6,8-14H2,1-4H3,(H,27,29,30)/t16-,17?,18+,20?,21?,24-,25-/m0/s1. The highest BCUT2D eigenvalue weighted by Crippen LogP contribution is 2.59. The molecule has 0 aromatic carbocycles. The number of hydrogen-bond donors (Lipinski definition) is 1. The van der Waals surface area contributed by atoms with Crippen LogP contribution in [0.15, 0.2) is 11.6 Å². The van der Waals surface area contributed by atoms with Gasteiger partial charge in [0.05, 0.1) is 24.7 Å². The predicted molar refractivity (Wildman–Crippen MR) is 130 cm³/mol. The van der Waals surface area contributed by atoms with Crippen molar-refractivity contribution in [2.45, 2.75) is 88.4 Å². The number of likely N-dealkylation sites (tertiary alicyclic amines) is 1. The van der Waals surface area contributed by atoms with Crippen LogP contribution in [0.3, 0.4) is 0 Å². The number of methoxy groups -OCH3 is 1. The molecule has 36 heavy (non-hydrogen) atoms. The van der Waals surface area contributed by atoms with Crippen molar-refractivity contribution in [3.05, 3.63) is 11.6 Å². The summed E-state index contributed by atoms with van der Waals surface area (Å²) in [5.41, 5.74) is 0.540. The lowest BCUT2D eigenvalue weighted by Gasteiger charge is -2.43. The molecule has 3 saturated heterocycles. The summed E-state index contributed by atoms with van der Waals surface area (Å²) in [6.45, 7) is 7.37. The Morgan fingerprint density at radius 1 is 1.25 bits per heavy atom. The van der Waals surface area contributed by atoms with E-state index in [0.717, 1.165) is 19.3 Å². The van der Waals surface area contributed by atoms with Crippen LogP contribution in [0.4, 0.5) is 9.59 Å². The topological polar surface area (TPSA) is 119 Å². The summed E-state index contributed by atoms with van der Waals surface area (Å²) in [4.78, 5) is 37.8. The van der Waals surface area contributed by atoms with Crippen LogP contribution in [-0.4, -0.2) is 91.3 Å². The van der Waals surface area contributed by atoms with Crippen molar-refractivity contribution in [3.63, 3.8) is 0 Å². The van der Waals surface area contributed by atoms with Gasteiger partial charge in [-0.1, -0.05) is 11.6 Å². The van der Waals surface area contributed by atoms with Gasteiger partial charge in [-0.05, 0) is 52.9 Å². The molecular weight excluding hydrogens is 492 g/mol. The molecule has 1 aliphatic carbocycles. The molecule has 4 fully saturated rings. The molecule has 4 aliphatic rings. The van der Waals surface area contributed by atoms with E-state index in [1.165, 1.54) is 5.57 Å². The maximum absolute atomic E-state index is 13.2. The second kappa shape index (κ2) is 10.8. The Balaban J connectivity index is 1.38. The molecule has 4 rings (SSSR count). The zero-order valence-corrected chi connectivity index (χ0v) is 22.2. The van der Waals surface area contributed by atoms with Crippen molar-refractivity contribution in [3.8, 4) is 0 Å². The van der Waals surface area contributed by atoms with Crippen LogP contribution in [0.2, 0.25) is 0 Å². The van der Waals surface area contributed by atoms with Gasteiger partial charge in [0.1, 0.15) is 35.9 Å². The number of carbonyl (C=O) groups is 3. The smallest absolute Gasteiger partial charge is 0.413 e. The summed E-state index contributed by atoms with van der Waals surface area (Å²) in [6, 6.07) is -0.328. The van der Waals surface area contributed by atoms with Crippen LogP contribution in [0.25, 0.3) is 0 Å². The number of allylic oxidation sites excluding steroid dienone is 1. The van der Waals surface area contributed by atoms with Crippen molar-refractivity contribution in [2.24, 2.45) is 5.92 Å². The van der Waals surface area contributed by atoms with E-state index in [0.29, 0.717) is 26.0 Å². The molecule has 3 amide bonds. The van der Waals surface area contributed by atoms with Crippen LogP contribution in [0, 0.1) is 5.92 Å². The van der Waals surface area contributed by atoms with Crippen molar-refractivity contribution < 1.29 is 38.1 Å². The highest BCUT2D eigenvalue weighted by molar-refractivity contribution is 6.28. The number of alkyl halides is 1. The van der Waals surface area contributed by atoms with Crippen LogP contribution in [0.1, 0.15) is 52.9 Å². The fourth-order valence-corrected chi connectivity index (χ4v) is 5.94. The average molecular weight is 529 g/mol. The first-order chi connectivity index (χ1) is 17.1. The zero-order valence-electron chi connectivity index (χ0n) is 21.4. The Morgan fingerprint density at radius 3 is 2.64 bits per heavy atom. The maximum Gasteiger partial charge on any atom is 0.413 e. The van der Waals surface area contributed by atoms with E-state index in [-0.39, 0.29) is 42.3 Å². The molecular formula is C25H37ClN2O8. The summed E-state index contributed by atoms with van der Waals surface area (Å²) in [5, 5.41) is 2.02.